The maximum Gasteiger partial charge on any atom is 0.337 e. The molecule has 0 saturated carbocycles. The number of methoxy groups -OCH3 is 1. The van der Waals surface area contributed by atoms with Crippen LogP contribution in [0.1, 0.15) is 21.5 Å². The number of rotatable bonds is 4. The predicted molar refractivity (Wildman–Crippen MR) is 103 cm³/mol. The first-order valence-corrected chi connectivity index (χ1v) is 8.36. The Labute approximate surface area is 153 Å². The molecule has 0 atom stereocenters. The van der Waals surface area contributed by atoms with Gasteiger partial charge in [-0.25, -0.2) is 4.79 Å². The number of ether oxygens (including phenoxy) is 1. The summed E-state index contributed by atoms with van der Waals surface area (Å²) in [5.74, 6) is -0.347. The van der Waals surface area contributed by atoms with Crippen LogP contribution in [-0.2, 0) is 4.74 Å². The monoisotopic (exact) mass is 344 g/mol. The maximum atomic E-state index is 11.6. The zero-order valence-electron chi connectivity index (χ0n) is 15.1. The van der Waals surface area contributed by atoms with Gasteiger partial charge in [-0.15, -0.1) is 5.11 Å². The second-order valence-corrected chi connectivity index (χ2v) is 6.03. The Morgan fingerprint density at radius 1 is 0.808 bits per heavy atom. The van der Waals surface area contributed by atoms with Crippen molar-refractivity contribution in [3.8, 4) is 11.1 Å². The van der Waals surface area contributed by atoms with E-state index in [1.165, 1.54) is 7.11 Å². The van der Waals surface area contributed by atoms with E-state index in [2.05, 4.69) is 10.2 Å². The molecule has 0 aliphatic carbocycles. The Morgan fingerprint density at radius 3 is 2.19 bits per heavy atom. The van der Waals surface area contributed by atoms with E-state index in [-0.39, 0.29) is 5.97 Å². The van der Waals surface area contributed by atoms with Crippen molar-refractivity contribution in [3.05, 3.63) is 83.4 Å². The fourth-order valence-electron chi connectivity index (χ4n) is 2.71. The number of esters is 1. The van der Waals surface area contributed by atoms with Crippen LogP contribution in [-0.4, -0.2) is 13.1 Å². The van der Waals surface area contributed by atoms with Gasteiger partial charge in [0.2, 0.25) is 0 Å². The second-order valence-electron chi connectivity index (χ2n) is 6.03. The minimum atomic E-state index is -0.347. The molecule has 3 aromatic rings. The van der Waals surface area contributed by atoms with Crippen molar-refractivity contribution in [2.75, 3.05) is 7.11 Å². The van der Waals surface area contributed by atoms with Crippen LogP contribution in [0.5, 0.6) is 0 Å². The minimum Gasteiger partial charge on any atom is -0.465 e. The average Bonchev–Trinajstić information content (AvgIpc) is 2.67. The molecule has 3 rings (SSSR count). The SMILES string of the molecule is COC(=O)c1ccc(-c2cccc(C)c2N=Nc2ccccc2C)cc1. The molecule has 0 spiro atoms. The molecule has 130 valence electrons. The molecule has 0 amide bonds. The lowest BCUT2D eigenvalue weighted by Gasteiger charge is -2.09. The van der Waals surface area contributed by atoms with Crippen molar-refractivity contribution in [3.63, 3.8) is 0 Å². The van der Waals surface area contributed by atoms with E-state index in [1.54, 1.807) is 12.1 Å². The largest absolute Gasteiger partial charge is 0.465 e. The van der Waals surface area contributed by atoms with Crippen LogP contribution in [0, 0.1) is 13.8 Å². The standard InChI is InChI=1S/C22H20N2O2/c1-15-7-4-5-10-20(15)23-24-21-16(2)8-6-9-19(21)17-11-13-18(14-12-17)22(25)26-3/h4-14H,1-3H3. The van der Waals surface area contributed by atoms with Gasteiger partial charge in [0.1, 0.15) is 0 Å². The summed E-state index contributed by atoms with van der Waals surface area (Å²) >= 11 is 0. The molecule has 4 heteroatoms. The van der Waals surface area contributed by atoms with Crippen LogP contribution >= 0.6 is 0 Å². The highest BCUT2D eigenvalue weighted by Crippen LogP contribution is 2.34. The third-order valence-electron chi connectivity index (χ3n) is 4.23. The summed E-state index contributed by atoms with van der Waals surface area (Å²) in [6.07, 6.45) is 0. The zero-order chi connectivity index (χ0) is 18.5. The molecule has 0 unspecified atom stereocenters. The van der Waals surface area contributed by atoms with Crippen LogP contribution < -0.4 is 0 Å². The van der Waals surface area contributed by atoms with Gasteiger partial charge in [0, 0.05) is 5.56 Å². The van der Waals surface area contributed by atoms with Gasteiger partial charge >= 0.3 is 5.97 Å². The van der Waals surface area contributed by atoms with Gasteiger partial charge in [0.15, 0.2) is 0 Å². The summed E-state index contributed by atoms with van der Waals surface area (Å²) in [6.45, 7) is 4.02. The lowest BCUT2D eigenvalue weighted by atomic mass is 10.00. The van der Waals surface area contributed by atoms with Gasteiger partial charge in [-0.1, -0.05) is 48.5 Å². The summed E-state index contributed by atoms with van der Waals surface area (Å²) in [5.41, 5.74) is 6.25. The highest BCUT2D eigenvalue weighted by Gasteiger charge is 2.10. The Morgan fingerprint density at radius 2 is 1.50 bits per heavy atom. The van der Waals surface area contributed by atoms with Gasteiger partial charge in [0.25, 0.3) is 0 Å². The molecular formula is C22H20N2O2. The van der Waals surface area contributed by atoms with Crippen LogP contribution in [0.3, 0.4) is 0 Å². The first-order chi connectivity index (χ1) is 12.6. The topological polar surface area (TPSA) is 51.0 Å². The fourth-order valence-corrected chi connectivity index (χ4v) is 2.71. The molecule has 0 aliphatic rings. The van der Waals surface area contributed by atoms with Gasteiger partial charge < -0.3 is 4.74 Å². The molecule has 3 aromatic carbocycles. The fraction of sp³-hybridized carbons (Fsp3) is 0.136. The van der Waals surface area contributed by atoms with E-state index >= 15 is 0 Å². The van der Waals surface area contributed by atoms with Crippen LogP contribution in [0.15, 0.2) is 77.0 Å². The van der Waals surface area contributed by atoms with Gasteiger partial charge in [0.05, 0.1) is 24.0 Å². The molecule has 0 saturated heterocycles. The predicted octanol–water partition coefficient (Wildman–Crippen LogP) is 6.17. The third-order valence-corrected chi connectivity index (χ3v) is 4.23. The first-order valence-electron chi connectivity index (χ1n) is 8.36. The average molecular weight is 344 g/mol. The van der Waals surface area contributed by atoms with E-state index in [0.29, 0.717) is 5.56 Å². The lowest BCUT2D eigenvalue weighted by Crippen LogP contribution is -2.00. The molecule has 0 fully saturated rings. The molecule has 26 heavy (non-hydrogen) atoms. The summed E-state index contributed by atoms with van der Waals surface area (Å²) in [6, 6.07) is 21.2. The Balaban J connectivity index is 2.00. The molecule has 0 radical (unpaired) electrons. The number of benzene rings is 3. The summed E-state index contributed by atoms with van der Waals surface area (Å²) in [5, 5.41) is 8.95. The smallest absolute Gasteiger partial charge is 0.337 e. The summed E-state index contributed by atoms with van der Waals surface area (Å²) in [4.78, 5) is 11.6. The van der Waals surface area contributed by atoms with Crippen molar-refractivity contribution in [1.29, 1.82) is 0 Å². The highest BCUT2D eigenvalue weighted by atomic mass is 16.5. The zero-order valence-corrected chi connectivity index (χ0v) is 15.1. The number of azo groups is 1. The maximum absolute atomic E-state index is 11.6. The van der Waals surface area contributed by atoms with E-state index in [1.807, 2.05) is 68.4 Å². The minimum absolute atomic E-state index is 0.347. The number of aryl methyl sites for hydroxylation is 2. The number of carbonyl (C=O) groups excluding carboxylic acids is 1. The van der Waals surface area contributed by atoms with Gasteiger partial charge in [-0.2, -0.15) is 5.11 Å². The number of hydrogen-bond acceptors (Lipinski definition) is 4. The Bertz CT molecular complexity index is 960. The van der Waals surface area contributed by atoms with Gasteiger partial charge in [-0.05, 0) is 48.7 Å². The second kappa shape index (κ2) is 7.74. The molecule has 0 N–H and O–H groups in total. The van der Waals surface area contributed by atoms with Crippen molar-refractivity contribution < 1.29 is 9.53 Å². The Kier molecular flexibility index (Phi) is 5.23. The molecule has 0 aromatic heterocycles. The van der Waals surface area contributed by atoms with Gasteiger partial charge in [-0.3, -0.25) is 0 Å². The van der Waals surface area contributed by atoms with Crippen molar-refractivity contribution >= 4 is 17.3 Å². The molecular weight excluding hydrogens is 324 g/mol. The number of carbonyl (C=O) groups is 1. The van der Waals surface area contributed by atoms with E-state index in [9.17, 15) is 4.79 Å². The molecule has 0 aliphatic heterocycles. The Hall–Kier alpha value is -3.27. The first kappa shape index (κ1) is 17.5. The lowest BCUT2D eigenvalue weighted by molar-refractivity contribution is 0.0601. The quantitative estimate of drug-likeness (QED) is 0.419. The normalized spacial score (nSPS) is 10.9. The van der Waals surface area contributed by atoms with E-state index in [0.717, 1.165) is 33.6 Å². The molecule has 4 nitrogen and oxygen atoms in total. The third kappa shape index (κ3) is 3.70. The molecule has 0 bridgehead atoms. The molecule has 0 heterocycles. The van der Waals surface area contributed by atoms with Crippen molar-refractivity contribution in [1.82, 2.24) is 0 Å². The number of nitrogens with zero attached hydrogens (tertiary/aromatic N) is 2. The van der Waals surface area contributed by atoms with E-state index in [4.69, 9.17) is 4.74 Å². The summed E-state index contributed by atoms with van der Waals surface area (Å²) < 4.78 is 4.75. The summed E-state index contributed by atoms with van der Waals surface area (Å²) in [7, 11) is 1.38. The van der Waals surface area contributed by atoms with Crippen LogP contribution in [0.4, 0.5) is 11.4 Å². The van der Waals surface area contributed by atoms with Crippen LogP contribution in [0.25, 0.3) is 11.1 Å². The van der Waals surface area contributed by atoms with Crippen LogP contribution in [0.2, 0.25) is 0 Å². The number of hydrogen-bond donors (Lipinski definition) is 0. The van der Waals surface area contributed by atoms with Crippen molar-refractivity contribution in [2.45, 2.75) is 13.8 Å². The highest BCUT2D eigenvalue weighted by molar-refractivity contribution is 5.90. The van der Waals surface area contributed by atoms with Crippen molar-refractivity contribution in [2.24, 2.45) is 10.2 Å². The van der Waals surface area contributed by atoms with E-state index < -0.39 is 0 Å².